The molecule has 1 aliphatic rings. The number of piperidine rings is 1. The number of carbonyl (C=O) groups excluding carboxylic acids is 2. The molecule has 0 spiro atoms. The third-order valence-electron chi connectivity index (χ3n) is 5.89. The largest absolute Gasteiger partial charge is 0.466 e. The van der Waals surface area contributed by atoms with Crippen LogP contribution in [0, 0.1) is 5.92 Å². The minimum Gasteiger partial charge on any atom is -0.466 e. The first kappa shape index (κ1) is 23.2. The van der Waals surface area contributed by atoms with E-state index in [1.165, 1.54) is 0 Å². The third-order valence-corrected chi connectivity index (χ3v) is 6.22. The molecular weight excluding hydrogens is 440 g/mol. The van der Waals surface area contributed by atoms with Crippen molar-refractivity contribution < 1.29 is 14.3 Å². The molecule has 0 N–H and O–H groups in total. The average Bonchev–Trinajstić information content (AvgIpc) is 3.23. The van der Waals surface area contributed by atoms with Crippen LogP contribution in [0.15, 0.2) is 36.4 Å². The van der Waals surface area contributed by atoms with E-state index in [1.54, 1.807) is 28.5 Å². The lowest BCUT2D eigenvalue weighted by molar-refractivity contribution is -0.149. The Kier molecular flexibility index (Phi) is 6.43. The summed E-state index contributed by atoms with van der Waals surface area (Å²) in [4.78, 5) is 32.5. The molecule has 8 heteroatoms. The predicted octanol–water partition coefficient (Wildman–Crippen LogP) is 4.76. The lowest BCUT2D eigenvalue weighted by Crippen LogP contribution is -2.43. The van der Waals surface area contributed by atoms with Gasteiger partial charge < -0.3 is 9.64 Å². The third kappa shape index (κ3) is 4.74. The Balaban J connectivity index is 1.79. The van der Waals surface area contributed by atoms with E-state index in [4.69, 9.17) is 26.4 Å². The van der Waals surface area contributed by atoms with E-state index in [1.807, 2.05) is 24.3 Å². The van der Waals surface area contributed by atoms with Gasteiger partial charge in [0, 0.05) is 35.2 Å². The van der Waals surface area contributed by atoms with Crippen LogP contribution >= 0.6 is 11.6 Å². The van der Waals surface area contributed by atoms with Crippen molar-refractivity contribution in [1.82, 2.24) is 19.5 Å². The molecule has 7 nitrogen and oxygen atoms in total. The van der Waals surface area contributed by atoms with Gasteiger partial charge >= 0.3 is 5.97 Å². The highest BCUT2D eigenvalue weighted by atomic mass is 35.5. The normalized spacial score (nSPS) is 16.8. The van der Waals surface area contributed by atoms with Gasteiger partial charge in [-0.25, -0.2) is 9.50 Å². The van der Waals surface area contributed by atoms with Crippen molar-refractivity contribution in [3.63, 3.8) is 0 Å². The number of esters is 1. The van der Waals surface area contributed by atoms with Gasteiger partial charge in [0.25, 0.3) is 5.91 Å². The fourth-order valence-electron chi connectivity index (χ4n) is 4.08. The Morgan fingerprint density at radius 2 is 1.97 bits per heavy atom. The maximum absolute atomic E-state index is 13.7. The van der Waals surface area contributed by atoms with Gasteiger partial charge in [0.15, 0.2) is 5.65 Å². The Morgan fingerprint density at radius 1 is 1.21 bits per heavy atom. The summed E-state index contributed by atoms with van der Waals surface area (Å²) < 4.78 is 6.81. The Morgan fingerprint density at radius 3 is 2.67 bits per heavy atom. The molecule has 1 aromatic carbocycles. The van der Waals surface area contributed by atoms with Crippen molar-refractivity contribution >= 4 is 29.1 Å². The minimum atomic E-state index is -0.314. The van der Waals surface area contributed by atoms with Gasteiger partial charge in [0.05, 0.1) is 23.9 Å². The lowest BCUT2D eigenvalue weighted by atomic mass is 9.93. The van der Waals surface area contributed by atoms with Crippen molar-refractivity contribution in [2.24, 2.45) is 5.92 Å². The van der Waals surface area contributed by atoms with Crippen molar-refractivity contribution in [2.45, 2.75) is 46.0 Å². The zero-order valence-corrected chi connectivity index (χ0v) is 20.2. The quantitative estimate of drug-likeness (QED) is 0.516. The van der Waals surface area contributed by atoms with Gasteiger partial charge in [-0.15, -0.1) is 0 Å². The first-order valence-corrected chi connectivity index (χ1v) is 11.7. The maximum atomic E-state index is 13.7. The summed E-state index contributed by atoms with van der Waals surface area (Å²) >= 11 is 6.44. The first-order chi connectivity index (χ1) is 15.7. The van der Waals surface area contributed by atoms with E-state index in [0.717, 1.165) is 24.1 Å². The number of nitrogens with zero attached hydrogens (tertiary/aromatic N) is 4. The second-order valence-electron chi connectivity index (χ2n) is 9.40. The number of carbonyl (C=O) groups is 2. The molecule has 0 aliphatic carbocycles. The molecule has 0 unspecified atom stereocenters. The molecule has 1 atom stereocenters. The highest BCUT2D eigenvalue weighted by molar-refractivity contribution is 6.33. The zero-order valence-electron chi connectivity index (χ0n) is 19.5. The number of halogens is 1. The molecule has 0 radical (unpaired) electrons. The van der Waals surface area contributed by atoms with E-state index < -0.39 is 0 Å². The van der Waals surface area contributed by atoms with Crippen LogP contribution in [0.4, 0.5) is 0 Å². The Bertz CT molecular complexity index is 1200. The van der Waals surface area contributed by atoms with Crippen LogP contribution < -0.4 is 0 Å². The number of hydrogen-bond acceptors (Lipinski definition) is 5. The standard InChI is InChI=1S/C25H29ClN4O3/c1-5-33-24(32)16-9-8-12-29(15-16)23(31)20-13-19(17-10-6-7-11-18(17)26)27-22-14-21(25(2,3)4)28-30(20)22/h6-7,10-11,13-14,16H,5,8-9,12,15H2,1-4H3/t16-/m1/s1. The molecule has 1 aliphatic heterocycles. The van der Waals surface area contributed by atoms with E-state index in [0.29, 0.717) is 41.8 Å². The number of benzene rings is 1. The van der Waals surface area contributed by atoms with Crippen molar-refractivity contribution in [3.05, 3.63) is 52.8 Å². The first-order valence-electron chi connectivity index (χ1n) is 11.3. The minimum absolute atomic E-state index is 0.187. The summed E-state index contributed by atoms with van der Waals surface area (Å²) in [7, 11) is 0. The van der Waals surface area contributed by atoms with Gasteiger partial charge in [-0.1, -0.05) is 50.6 Å². The van der Waals surface area contributed by atoms with Gasteiger partial charge in [0.1, 0.15) is 5.69 Å². The smallest absolute Gasteiger partial charge is 0.310 e. The van der Waals surface area contributed by atoms with E-state index in [2.05, 4.69) is 20.8 Å². The maximum Gasteiger partial charge on any atom is 0.310 e. The van der Waals surface area contributed by atoms with E-state index >= 15 is 0 Å². The van der Waals surface area contributed by atoms with E-state index in [9.17, 15) is 9.59 Å². The fourth-order valence-corrected chi connectivity index (χ4v) is 4.31. The van der Waals surface area contributed by atoms with Gasteiger partial charge in [-0.05, 0) is 31.9 Å². The molecule has 0 bridgehead atoms. The monoisotopic (exact) mass is 468 g/mol. The van der Waals surface area contributed by atoms with Crippen LogP contribution in [0.3, 0.4) is 0 Å². The van der Waals surface area contributed by atoms with E-state index in [-0.39, 0.29) is 23.2 Å². The molecule has 3 heterocycles. The number of rotatable bonds is 4. The number of amides is 1. The predicted molar refractivity (Wildman–Crippen MR) is 127 cm³/mol. The molecule has 2 aromatic heterocycles. The number of ether oxygens (including phenoxy) is 1. The summed E-state index contributed by atoms with van der Waals surface area (Å²) in [6.07, 6.45) is 1.46. The summed E-state index contributed by atoms with van der Waals surface area (Å²) in [5.74, 6) is -0.750. The average molecular weight is 469 g/mol. The van der Waals surface area contributed by atoms with Crippen molar-refractivity contribution in [3.8, 4) is 11.3 Å². The Labute approximate surface area is 198 Å². The summed E-state index contributed by atoms with van der Waals surface area (Å²) in [5.41, 5.74) is 2.96. The number of aromatic nitrogens is 3. The molecule has 0 saturated carbocycles. The zero-order chi connectivity index (χ0) is 23.8. The summed E-state index contributed by atoms with van der Waals surface area (Å²) in [6.45, 7) is 9.24. The second-order valence-corrected chi connectivity index (χ2v) is 9.81. The Hall–Kier alpha value is -2.93. The van der Waals surface area contributed by atoms with Crippen LogP contribution in [-0.4, -0.2) is 51.1 Å². The topological polar surface area (TPSA) is 76.8 Å². The van der Waals surface area contributed by atoms with Gasteiger partial charge in [-0.3, -0.25) is 9.59 Å². The second kappa shape index (κ2) is 9.14. The van der Waals surface area contributed by atoms with Crippen LogP contribution in [0.1, 0.15) is 56.7 Å². The number of fused-ring (bicyclic) bond motifs is 1. The molecule has 174 valence electrons. The van der Waals surface area contributed by atoms with Crippen LogP contribution in [0.2, 0.25) is 5.02 Å². The fraction of sp³-hybridized carbons (Fsp3) is 0.440. The lowest BCUT2D eigenvalue weighted by Gasteiger charge is -2.31. The number of likely N-dealkylation sites (tertiary alicyclic amines) is 1. The van der Waals surface area contributed by atoms with Crippen molar-refractivity contribution in [2.75, 3.05) is 19.7 Å². The molecule has 3 aromatic rings. The van der Waals surface area contributed by atoms with Crippen molar-refractivity contribution in [1.29, 1.82) is 0 Å². The molecule has 33 heavy (non-hydrogen) atoms. The van der Waals surface area contributed by atoms with Crippen LogP contribution in [0.5, 0.6) is 0 Å². The number of hydrogen-bond donors (Lipinski definition) is 0. The molecule has 1 saturated heterocycles. The molecule has 4 rings (SSSR count). The van der Waals surface area contributed by atoms with Crippen LogP contribution in [-0.2, 0) is 14.9 Å². The molecule has 1 amide bonds. The summed E-state index contributed by atoms with van der Waals surface area (Å²) in [6, 6.07) is 11.1. The molecular formula is C25H29ClN4O3. The SMILES string of the molecule is CCOC(=O)[C@@H]1CCCN(C(=O)c2cc(-c3ccccc3Cl)nc3cc(C(C)(C)C)nn23)C1. The van der Waals surface area contributed by atoms with Gasteiger partial charge in [-0.2, -0.15) is 5.10 Å². The molecule has 1 fully saturated rings. The summed E-state index contributed by atoms with van der Waals surface area (Å²) in [5, 5.41) is 5.28. The van der Waals surface area contributed by atoms with Gasteiger partial charge in [0.2, 0.25) is 0 Å². The van der Waals surface area contributed by atoms with Crippen LogP contribution in [0.25, 0.3) is 16.9 Å². The highest BCUT2D eigenvalue weighted by Crippen LogP contribution is 2.30. The highest BCUT2D eigenvalue weighted by Gasteiger charge is 2.32.